The van der Waals surface area contributed by atoms with E-state index in [0.717, 1.165) is 13.0 Å². The third kappa shape index (κ3) is 5.36. The molecule has 1 unspecified atom stereocenters. The summed E-state index contributed by atoms with van der Waals surface area (Å²) >= 11 is 3.59. The van der Waals surface area contributed by atoms with Gasteiger partial charge in [-0.1, -0.05) is 35.0 Å². The van der Waals surface area contributed by atoms with Crippen LogP contribution in [0.4, 0.5) is 0 Å². The summed E-state index contributed by atoms with van der Waals surface area (Å²) in [4.78, 5) is 0. The van der Waals surface area contributed by atoms with Gasteiger partial charge in [0.1, 0.15) is 0 Å². The lowest BCUT2D eigenvalue weighted by atomic mass is 9.99. The van der Waals surface area contributed by atoms with Crippen molar-refractivity contribution < 1.29 is 0 Å². The van der Waals surface area contributed by atoms with Crippen LogP contribution < -0.4 is 5.32 Å². The summed E-state index contributed by atoms with van der Waals surface area (Å²) in [6.45, 7) is 9.22. The van der Waals surface area contributed by atoms with Gasteiger partial charge in [0.05, 0.1) is 0 Å². The zero-order chi connectivity index (χ0) is 13.4. The highest BCUT2D eigenvalue weighted by molar-refractivity contribution is 9.10. The molecule has 0 radical (unpaired) electrons. The number of rotatable bonds is 8. The van der Waals surface area contributed by atoms with Gasteiger partial charge in [0.15, 0.2) is 0 Å². The van der Waals surface area contributed by atoms with Crippen LogP contribution in [-0.2, 0) is 0 Å². The minimum atomic E-state index is 0.459. The fraction of sp³-hybridized carbons (Fsp3) is 0.500. The summed E-state index contributed by atoms with van der Waals surface area (Å²) in [5.74, 6) is 0. The van der Waals surface area contributed by atoms with Crippen LogP contribution in [0.5, 0.6) is 0 Å². The Bertz CT molecular complexity index is 353. The zero-order valence-corrected chi connectivity index (χ0v) is 13.1. The molecular formula is C16H24BrN. The second-order valence-corrected chi connectivity index (χ2v) is 5.70. The van der Waals surface area contributed by atoms with E-state index in [1.165, 1.54) is 34.9 Å². The number of allylic oxidation sites excluding steroid dienone is 1. The van der Waals surface area contributed by atoms with Crippen molar-refractivity contribution in [1.82, 2.24) is 5.32 Å². The molecule has 1 rings (SSSR count). The predicted octanol–water partition coefficient (Wildman–Crippen LogP) is 5.15. The molecule has 1 nitrogen and oxygen atoms in total. The van der Waals surface area contributed by atoms with E-state index in [4.69, 9.17) is 0 Å². The number of nitrogens with one attached hydrogen (secondary N) is 1. The van der Waals surface area contributed by atoms with Crippen molar-refractivity contribution in [3.63, 3.8) is 0 Å². The Morgan fingerprint density at radius 1 is 1.39 bits per heavy atom. The van der Waals surface area contributed by atoms with Gasteiger partial charge in [0.2, 0.25) is 0 Å². The van der Waals surface area contributed by atoms with Gasteiger partial charge in [-0.15, -0.1) is 6.58 Å². The topological polar surface area (TPSA) is 12.0 Å². The number of hydrogen-bond donors (Lipinski definition) is 1. The van der Waals surface area contributed by atoms with Gasteiger partial charge >= 0.3 is 0 Å². The summed E-state index contributed by atoms with van der Waals surface area (Å²) < 4.78 is 1.17. The first kappa shape index (κ1) is 15.5. The Morgan fingerprint density at radius 2 is 2.17 bits per heavy atom. The maximum Gasteiger partial charge on any atom is 0.0320 e. The van der Waals surface area contributed by atoms with Crippen LogP contribution in [0.1, 0.15) is 49.8 Å². The number of unbranched alkanes of at least 4 members (excludes halogenated alkanes) is 1. The molecule has 1 aromatic carbocycles. The molecule has 0 aliphatic heterocycles. The van der Waals surface area contributed by atoms with Crippen molar-refractivity contribution in [3.05, 3.63) is 46.5 Å². The maximum atomic E-state index is 3.79. The van der Waals surface area contributed by atoms with E-state index in [0.29, 0.717) is 6.04 Å². The Morgan fingerprint density at radius 3 is 2.78 bits per heavy atom. The summed E-state index contributed by atoms with van der Waals surface area (Å²) in [5.41, 5.74) is 2.70. The van der Waals surface area contributed by atoms with E-state index in [9.17, 15) is 0 Å². The van der Waals surface area contributed by atoms with Crippen LogP contribution in [0.15, 0.2) is 35.3 Å². The largest absolute Gasteiger partial charge is 0.310 e. The van der Waals surface area contributed by atoms with Gasteiger partial charge in [-0.05, 0) is 62.4 Å². The highest BCUT2D eigenvalue weighted by atomic mass is 79.9. The Hall–Kier alpha value is -0.600. The highest BCUT2D eigenvalue weighted by Gasteiger charge is 2.11. The molecule has 2 heteroatoms. The minimum absolute atomic E-state index is 0.459. The van der Waals surface area contributed by atoms with Gasteiger partial charge < -0.3 is 5.32 Å². The van der Waals surface area contributed by atoms with E-state index in [1.807, 2.05) is 6.08 Å². The first-order valence-electron chi connectivity index (χ1n) is 6.78. The van der Waals surface area contributed by atoms with Crippen LogP contribution >= 0.6 is 15.9 Å². The molecule has 0 aliphatic rings. The van der Waals surface area contributed by atoms with Crippen LogP contribution in [0.3, 0.4) is 0 Å². The Labute approximate surface area is 120 Å². The Kier molecular flexibility index (Phi) is 7.29. The van der Waals surface area contributed by atoms with E-state index < -0.39 is 0 Å². The molecule has 0 amide bonds. The number of halogens is 1. The van der Waals surface area contributed by atoms with E-state index >= 15 is 0 Å². The SMILES string of the molecule is C=CCCCC(NCCC)c1cc(C)cc(Br)c1. The van der Waals surface area contributed by atoms with Gasteiger partial charge in [-0.2, -0.15) is 0 Å². The maximum absolute atomic E-state index is 3.79. The smallest absolute Gasteiger partial charge is 0.0320 e. The van der Waals surface area contributed by atoms with E-state index in [-0.39, 0.29) is 0 Å². The van der Waals surface area contributed by atoms with Crippen molar-refractivity contribution >= 4 is 15.9 Å². The fourth-order valence-corrected chi connectivity index (χ4v) is 2.76. The average molecular weight is 310 g/mol. The molecule has 18 heavy (non-hydrogen) atoms. The fourth-order valence-electron chi connectivity index (χ4n) is 2.14. The van der Waals surface area contributed by atoms with Crippen LogP contribution in [0.25, 0.3) is 0 Å². The average Bonchev–Trinajstić information content (AvgIpc) is 2.32. The molecule has 100 valence electrons. The summed E-state index contributed by atoms with van der Waals surface area (Å²) in [5, 5.41) is 3.64. The second kappa shape index (κ2) is 8.49. The first-order chi connectivity index (χ1) is 8.67. The van der Waals surface area contributed by atoms with Crippen molar-refractivity contribution in [2.24, 2.45) is 0 Å². The first-order valence-corrected chi connectivity index (χ1v) is 7.58. The quantitative estimate of drug-likeness (QED) is 0.517. The monoisotopic (exact) mass is 309 g/mol. The van der Waals surface area contributed by atoms with E-state index in [1.54, 1.807) is 0 Å². The molecule has 0 aliphatic carbocycles. The molecule has 0 aromatic heterocycles. The third-order valence-electron chi connectivity index (χ3n) is 3.01. The molecule has 0 bridgehead atoms. The molecule has 1 aromatic rings. The molecule has 0 fully saturated rings. The number of aryl methyl sites for hydroxylation is 1. The minimum Gasteiger partial charge on any atom is -0.310 e. The highest BCUT2D eigenvalue weighted by Crippen LogP contribution is 2.24. The normalized spacial score (nSPS) is 12.4. The van der Waals surface area contributed by atoms with Crippen LogP contribution in [-0.4, -0.2) is 6.54 Å². The lowest BCUT2D eigenvalue weighted by Crippen LogP contribution is -2.22. The lowest BCUT2D eigenvalue weighted by molar-refractivity contribution is 0.486. The van der Waals surface area contributed by atoms with Crippen LogP contribution in [0.2, 0.25) is 0 Å². The molecule has 0 heterocycles. The predicted molar refractivity (Wildman–Crippen MR) is 84.0 cm³/mol. The third-order valence-corrected chi connectivity index (χ3v) is 3.47. The van der Waals surface area contributed by atoms with Gasteiger partial charge in [-0.3, -0.25) is 0 Å². The molecular weight excluding hydrogens is 286 g/mol. The molecule has 0 spiro atoms. The summed E-state index contributed by atoms with van der Waals surface area (Å²) in [7, 11) is 0. The van der Waals surface area contributed by atoms with Crippen molar-refractivity contribution in [3.8, 4) is 0 Å². The lowest BCUT2D eigenvalue weighted by Gasteiger charge is -2.19. The molecule has 0 saturated carbocycles. The molecule has 0 saturated heterocycles. The number of benzene rings is 1. The summed E-state index contributed by atoms with van der Waals surface area (Å²) in [6.07, 6.45) is 6.63. The second-order valence-electron chi connectivity index (χ2n) is 4.79. The molecule has 1 N–H and O–H groups in total. The van der Waals surface area contributed by atoms with Crippen LogP contribution in [0, 0.1) is 6.92 Å². The standard InChI is InChI=1S/C16H24BrN/c1-4-6-7-8-16(18-9-5-2)14-10-13(3)11-15(17)12-14/h4,10-12,16,18H,1,5-9H2,2-3H3. The van der Waals surface area contributed by atoms with Crippen molar-refractivity contribution in [2.45, 2.75) is 45.6 Å². The van der Waals surface area contributed by atoms with Crippen molar-refractivity contribution in [1.29, 1.82) is 0 Å². The summed E-state index contributed by atoms with van der Waals surface area (Å²) in [6, 6.07) is 7.13. The molecule has 1 atom stereocenters. The number of hydrogen-bond acceptors (Lipinski definition) is 1. The van der Waals surface area contributed by atoms with Gasteiger partial charge in [0.25, 0.3) is 0 Å². The van der Waals surface area contributed by atoms with Gasteiger partial charge in [-0.25, -0.2) is 0 Å². The Balaban J connectivity index is 2.75. The van der Waals surface area contributed by atoms with Crippen molar-refractivity contribution in [2.75, 3.05) is 6.54 Å². The zero-order valence-electron chi connectivity index (χ0n) is 11.5. The van der Waals surface area contributed by atoms with E-state index in [2.05, 4.69) is 59.9 Å². The van der Waals surface area contributed by atoms with Gasteiger partial charge in [0, 0.05) is 10.5 Å².